The van der Waals surface area contributed by atoms with Crippen LogP contribution in [-0.4, -0.2) is 93.1 Å². The largest absolute Gasteiger partial charge is 0.508 e. The van der Waals surface area contributed by atoms with Crippen LogP contribution in [0.2, 0.25) is 0 Å². The number of amides is 4. The van der Waals surface area contributed by atoms with Gasteiger partial charge in [0.15, 0.2) is 0 Å². The Labute approximate surface area is 436 Å². The smallest absolute Gasteiger partial charge is 0.237 e. The number of hydrogen-bond donors (Lipinski definition) is 2. The highest BCUT2D eigenvalue weighted by Crippen LogP contribution is 2.76. The normalized spacial score (nSPS) is 41.0. The van der Waals surface area contributed by atoms with Crippen LogP contribution in [0.4, 0.5) is 5.69 Å². The van der Waals surface area contributed by atoms with Crippen LogP contribution in [0.25, 0.3) is 11.1 Å². The van der Waals surface area contributed by atoms with Gasteiger partial charge in [-0.25, -0.2) is 4.90 Å². The predicted octanol–water partition coefficient (Wildman–Crippen LogP) is 9.77. The van der Waals surface area contributed by atoms with Gasteiger partial charge in [-0.3, -0.25) is 24.1 Å². The summed E-state index contributed by atoms with van der Waals surface area (Å²) in [7, 11) is 0. The molecule has 11 aliphatic rings. The monoisotopic (exact) mass is 1010 g/mol. The number of phenols is 2. The van der Waals surface area contributed by atoms with E-state index in [0.29, 0.717) is 72.3 Å². The highest BCUT2D eigenvalue weighted by Gasteiger charge is 2.75. The molecule has 0 spiro atoms. The van der Waals surface area contributed by atoms with Crippen LogP contribution in [0.1, 0.15) is 137 Å². The first-order valence-corrected chi connectivity index (χ1v) is 28.2. The van der Waals surface area contributed by atoms with Crippen molar-refractivity contribution in [3.05, 3.63) is 77.4 Å². The zero-order chi connectivity index (χ0) is 52.0. The van der Waals surface area contributed by atoms with E-state index in [4.69, 9.17) is 18.9 Å². The highest BCUT2D eigenvalue weighted by molar-refractivity contribution is 6.23. The summed E-state index contributed by atoms with van der Waals surface area (Å²) < 4.78 is 29.1. The minimum Gasteiger partial charge on any atom is -0.508 e. The molecule has 2 N–H and O–H groups in total. The molecule has 0 aromatic heterocycles. The van der Waals surface area contributed by atoms with E-state index in [1.165, 1.54) is 20.9 Å². The lowest BCUT2D eigenvalue weighted by molar-refractivity contribution is -0.298. The molecule has 4 aliphatic heterocycles. The average molecular weight is 1010 g/mol. The van der Waals surface area contributed by atoms with Gasteiger partial charge < -0.3 is 29.2 Å². The van der Waals surface area contributed by atoms with E-state index in [1.54, 1.807) is 24.3 Å². The maximum absolute atomic E-state index is 14.5. The Balaban J connectivity index is 0.783. The first-order valence-electron chi connectivity index (χ1n) is 28.2. The van der Waals surface area contributed by atoms with Gasteiger partial charge in [0.2, 0.25) is 23.6 Å². The van der Waals surface area contributed by atoms with Gasteiger partial charge in [0.25, 0.3) is 0 Å². The Morgan fingerprint density at radius 2 is 0.838 bits per heavy atom. The molecule has 0 radical (unpaired) electrons. The second-order valence-corrected chi connectivity index (χ2v) is 27.2. The molecule has 18 unspecified atom stereocenters. The number of likely N-dealkylation sites (tertiary alicyclic amines) is 1. The van der Waals surface area contributed by atoms with E-state index in [1.807, 2.05) is 53.7 Å². The van der Waals surface area contributed by atoms with Gasteiger partial charge in [-0.05, 0) is 159 Å². The van der Waals surface area contributed by atoms with Gasteiger partial charge in [0.05, 0.1) is 78.2 Å². The van der Waals surface area contributed by atoms with Crippen molar-refractivity contribution in [1.29, 1.82) is 0 Å². The molecule has 2 bridgehead atoms. The van der Waals surface area contributed by atoms with Gasteiger partial charge in [0, 0.05) is 16.4 Å². The summed E-state index contributed by atoms with van der Waals surface area (Å²) >= 11 is 0. The number of phenolic OH excluding ortho intramolecular Hbond substituents is 2. The number of nitrogens with zero attached hydrogens (tertiary/aromatic N) is 2. The standard InChI is InChI=1S/C62H76N2O10/c1-29(2)61-37-13-11-12-14-38(37)62(30(3)4,43-28-54-53(27-42(43)61)73-49-23-35-36(24-50(49)74-54)58(70)64(57(35)69)60(8,9)10)41-26-52-51(25-40(41)61)71-47-21-33-34(22-48(47)72-52)56(68)63(55(33)67)44-18-16-32(20-46(44)66)31-15-17-39(45(65)19-31)59(5,6)7/h11-20,29-30,33-36,40-43,47-54,65-66H,21-28H2,1-10H3. The van der Waals surface area contributed by atoms with Gasteiger partial charge in [-0.1, -0.05) is 90.9 Å². The molecule has 18 atom stereocenters. The number of carbonyl (C=O) groups excluding carboxylic acids is 4. The van der Waals surface area contributed by atoms with E-state index >= 15 is 0 Å². The fourth-order valence-electron chi connectivity index (χ4n) is 18.7. The van der Waals surface area contributed by atoms with E-state index in [-0.39, 0.29) is 118 Å². The van der Waals surface area contributed by atoms with Crippen LogP contribution in [0.3, 0.4) is 0 Å². The molecule has 4 saturated heterocycles. The number of imide groups is 2. The highest BCUT2D eigenvalue weighted by atomic mass is 16.6. The van der Waals surface area contributed by atoms with Crippen LogP contribution >= 0.6 is 0 Å². The number of rotatable bonds is 4. The summed E-state index contributed by atoms with van der Waals surface area (Å²) in [6.07, 6.45) is 3.49. The summed E-state index contributed by atoms with van der Waals surface area (Å²) in [4.78, 5) is 59.3. The molecule has 14 rings (SSSR count). The fraction of sp³-hybridized carbons (Fsp3) is 0.645. The van der Waals surface area contributed by atoms with Gasteiger partial charge >= 0.3 is 0 Å². The van der Waals surface area contributed by atoms with Crippen molar-refractivity contribution in [3.8, 4) is 22.6 Å². The zero-order valence-corrected chi connectivity index (χ0v) is 44.9. The van der Waals surface area contributed by atoms with Crippen LogP contribution < -0.4 is 4.90 Å². The number of benzene rings is 3. The Morgan fingerprint density at radius 3 is 1.18 bits per heavy atom. The van der Waals surface area contributed by atoms with Crippen molar-refractivity contribution < 1.29 is 48.3 Å². The number of anilines is 1. The summed E-state index contributed by atoms with van der Waals surface area (Å²) in [5.41, 5.74) is 4.13. The second kappa shape index (κ2) is 16.4. The van der Waals surface area contributed by atoms with E-state index < -0.39 is 17.4 Å². The molecule has 3 aromatic carbocycles. The Kier molecular flexibility index (Phi) is 10.9. The molecular formula is C62H76N2O10. The Hall–Kier alpha value is -4.62. The second-order valence-electron chi connectivity index (χ2n) is 27.2. The lowest BCUT2D eigenvalue weighted by Gasteiger charge is -2.76. The molecule has 4 heterocycles. The Morgan fingerprint density at radius 1 is 0.486 bits per heavy atom. The maximum Gasteiger partial charge on any atom is 0.237 e. The van der Waals surface area contributed by atoms with Crippen LogP contribution in [0.5, 0.6) is 11.5 Å². The molecule has 12 nitrogen and oxygen atoms in total. The minimum absolute atomic E-state index is 0.0665. The first kappa shape index (κ1) is 49.0. The van der Waals surface area contributed by atoms with E-state index in [9.17, 15) is 29.4 Å². The molecule has 5 saturated carbocycles. The van der Waals surface area contributed by atoms with Crippen molar-refractivity contribution in [3.63, 3.8) is 0 Å². The van der Waals surface area contributed by atoms with Crippen molar-refractivity contribution in [2.45, 2.75) is 191 Å². The van der Waals surface area contributed by atoms with Gasteiger partial charge in [-0.15, -0.1) is 0 Å². The number of hydrogen-bond acceptors (Lipinski definition) is 10. The lowest BCUT2D eigenvalue weighted by atomic mass is 9.29. The number of ether oxygens (including phenoxy) is 4. The summed E-state index contributed by atoms with van der Waals surface area (Å²) in [6, 6.07) is 19.8. The molecular weight excluding hydrogens is 933 g/mol. The third-order valence-electron chi connectivity index (χ3n) is 21.3. The molecule has 9 fully saturated rings. The molecule has 12 heteroatoms. The van der Waals surface area contributed by atoms with Crippen molar-refractivity contribution in [2.24, 2.45) is 59.2 Å². The van der Waals surface area contributed by atoms with E-state index in [2.05, 4.69) is 52.0 Å². The summed E-state index contributed by atoms with van der Waals surface area (Å²) in [5, 5.41) is 22.4. The molecule has 74 heavy (non-hydrogen) atoms. The topological polar surface area (TPSA) is 152 Å². The molecule has 394 valence electrons. The van der Waals surface area contributed by atoms with E-state index in [0.717, 1.165) is 31.2 Å². The lowest BCUT2D eigenvalue weighted by Crippen LogP contribution is -2.76. The van der Waals surface area contributed by atoms with Crippen molar-refractivity contribution in [2.75, 3.05) is 4.90 Å². The number of fused-ring (bicyclic) bond motifs is 6. The van der Waals surface area contributed by atoms with Gasteiger partial charge in [-0.2, -0.15) is 0 Å². The maximum atomic E-state index is 14.5. The van der Waals surface area contributed by atoms with Crippen molar-refractivity contribution in [1.82, 2.24) is 4.90 Å². The average Bonchev–Trinajstić information content (AvgIpc) is 3.73. The SMILES string of the molecule is CC(C)C12c3ccccc3C(C(C)C)(C3CC4OC5CC6C(=O)N(c7ccc(-c8ccc(C(C)(C)C)c(O)c8)cc7O)C(=O)C6CC5OC4CC31)C1CC3OC4CC5C(=O)N(C(C)(C)C)C(=O)C5CC4OC3CC12. The molecule has 4 amide bonds. The minimum atomic E-state index is -0.585. The van der Waals surface area contributed by atoms with Crippen molar-refractivity contribution >= 4 is 29.3 Å². The Bertz CT molecular complexity index is 2740. The quantitative estimate of drug-likeness (QED) is 0.242. The zero-order valence-electron chi connectivity index (χ0n) is 44.9. The van der Waals surface area contributed by atoms with Crippen LogP contribution in [0, 0.1) is 59.2 Å². The third kappa shape index (κ3) is 6.58. The molecule has 7 aliphatic carbocycles. The molecule has 3 aromatic rings. The predicted molar refractivity (Wildman–Crippen MR) is 277 cm³/mol. The summed E-state index contributed by atoms with van der Waals surface area (Å²) in [5.74, 6) is -0.856. The third-order valence-corrected chi connectivity index (χ3v) is 21.3. The first-order chi connectivity index (χ1) is 35.0. The van der Waals surface area contributed by atoms with Gasteiger partial charge in [0.1, 0.15) is 11.5 Å². The fourth-order valence-corrected chi connectivity index (χ4v) is 18.7. The summed E-state index contributed by atoms with van der Waals surface area (Å²) in [6.45, 7) is 21.7. The van der Waals surface area contributed by atoms with Crippen LogP contribution in [-0.2, 0) is 54.4 Å². The van der Waals surface area contributed by atoms with Crippen LogP contribution in [0.15, 0.2) is 60.7 Å². The number of aromatic hydroxyl groups is 2. The number of carbonyl (C=O) groups is 4.